The molecule has 0 saturated heterocycles. The fourth-order valence-electron chi connectivity index (χ4n) is 2.49. The van der Waals surface area contributed by atoms with Crippen molar-refractivity contribution < 1.29 is 33.4 Å². The molecule has 0 aliphatic heterocycles. The van der Waals surface area contributed by atoms with E-state index >= 15 is 0 Å². The summed E-state index contributed by atoms with van der Waals surface area (Å²) in [5.74, 6) is -2.11. The molecule has 2 rings (SSSR count). The Bertz CT molecular complexity index is 815. The highest BCUT2D eigenvalue weighted by Gasteiger charge is 2.33. The Morgan fingerprint density at radius 3 is 2.32 bits per heavy atom. The van der Waals surface area contributed by atoms with Crippen LogP contribution in [-0.4, -0.2) is 43.8 Å². The fraction of sp³-hybridized carbons (Fsp3) is 0.312. The molecular formula is C16H16ClNO7. The van der Waals surface area contributed by atoms with Crippen LogP contribution in [0.5, 0.6) is 17.2 Å². The van der Waals surface area contributed by atoms with E-state index in [0.29, 0.717) is 12.0 Å². The third-order valence-electron chi connectivity index (χ3n) is 3.64. The smallest absolute Gasteiger partial charge is 0.336 e. The number of hydrogen-bond acceptors (Lipinski definition) is 7. The standard InChI is InChI=1S/C16H16ClNO7/c1-7-12(17)13(25-18-7)9(6-19)11-8(16(20)21)5-10(22-2)14(23-3)15(11)24-4/h5-6,9H,1-4H3,(H,20,21). The molecule has 0 saturated carbocycles. The number of carbonyl (C=O) groups excluding carboxylic acids is 1. The second kappa shape index (κ2) is 7.43. The lowest BCUT2D eigenvalue weighted by molar-refractivity contribution is -0.108. The Kier molecular flexibility index (Phi) is 5.53. The number of aryl methyl sites for hydroxylation is 1. The van der Waals surface area contributed by atoms with E-state index in [2.05, 4.69) is 5.16 Å². The lowest BCUT2D eigenvalue weighted by atomic mass is 9.91. The fourth-order valence-corrected chi connectivity index (χ4v) is 2.68. The van der Waals surface area contributed by atoms with E-state index in [1.165, 1.54) is 27.4 Å². The van der Waals surface area contributed by atoms with Gasteiger partial charge in [0.05, 0.1) is 32.6 Å². The Hall–Kier alpha value is -2.74. The summed E-state index contributed by atoms with van der Waals surface area (Å²) in [7, 11) is 4.05. The number of carboxylic acid groups (broad SMARTS) is 1. The summed E-state index contributed by atoms with van der Waals surface area (Å²) in [6.07, 6.45) is 0.502. The molecule has 1 unspecified atom stereocenters. The van der Waals surface area contributed by atoms with Gasteiger partial charge in [-0.05, 0) is 13.0 Å². The minimum atomic E-state index is -1.28. The molecule has 1 aromatic heterocycles. The van der Waals surface area contributed by atoms with Crippen molar-refractivity contribution in [3.05, 3.63) is 33.7 Å². The molecule has 2 aromatic rings. The first kappa shape index (κ1) is 18.6. The molecule has 25 heavy (non-hydrogen) atoms. The molecule has 8 nitrogen and oxygen atoms in total. The molecule has 0 spiro atoms. The van der Waals surface area contributed by atoms with Crippen LogP contribution in [0.3, 0.4) is 0 Å². The number of carboxylic acids is 1. The number of methoxy groups -OCH3 is 3. The second-order valence-electron chi connectivity index (χ2n) is 4.97. The minimum absolute atomic E-state index is 0.0159. The van der Waals surface area contributed by atoms with Gasteiger partial charge in [-0.1, -0.05) is 16.8 Å². The molecule has 0 radical (unpaired) electrons. The maximum Gasteiger partial charge on any atom is 0.336 e. The molecule has 1 N–H and O–H groups in total. The van der Waals surface area contributed by atoms with Crippen molar-refractivity contribution in [1.29, 1.82) is 0 Å². The Balaban J connectivity index is 2.87. The van der Waals surface area contributed by atoms with Crippen LogP contribution in [0.1, 0.15) is 33.3 Å². The number of halogens is 1. The Morgan fingerprint density at radius 1 is 1.28 bits per heavy atom. The van der Waals surface area contributed by atoms with E-state index in [1.54, 1.807) is 6.92 Å². The van der Waals surface area contributed by atoms with Gasteiger partial charge in [-0.25, -0.2) is 4.79 Å². The zero-order valence-corrected chi connectivity index (χ0v) is 14.7. The van der Waals surface area contributed by atoms with Crippen LogP contribution in [0.2, 0.25) is 5.02 Å². The molecule has 0 fully saturated rings. The highest BCUT2D eigenvalue weighted by molar-refractivity contribution is 6.32. The first-order valence-corrected chi connectivity index (χ1v) is 7.42. The summed E-state index contributed by atoms with van der Waals surface area (Å²) in [5.41, 5.74) is 0.192. The van der Waals surface area contributed by atoms with Crippen LogP contribution < -0.4 is 14.2 Å². The number of aldehydes is 1. The van der Waals surface area contributed by atoms with Crippen LogP contribution in [0.15, 0.2) is 10.6 Å². The van der Waals surface area contributed by atoms with Crippen molar-refractivity contribution in [3.63, 3.8) is 0 Å². The number of carbonyl (C=O) groups is 2. The summed E-state index contributed by atoms with van der Waals surface area (Å²) in [4.78, 5) is 23.5. The van der Waals surface area contributed by atoms with Gasteiger partial charge in [-0.15, -0.1) is 0 Å². The average molecular weight is 370 g/mol. The maximum atomic E-state index is 11.8. The zero-order chi connectivity index (χ0) is 18.7. The molecule has 0 bridgehead atoms. The van der Waals surface area contributed by atoms with Crippen LogP contribution >= 0.6 is 11.6 Å². The number of rotatable bonds is 7. The van der Waals surface area contributed by atoms with Gasteiger partial charge in [0.15, 0.2) is 17.3 Å². The molecule has 0 amide bonds. The molecule has 1 aromatic carbocycles. The van der Waals surface area contributed by atoms with Crippen molar-refractivity contribution in [2.75, 3.05) is 21.3 Å². The van der Waals surface area contributed by atoms with Crippen molar-refractivity contribution in [2.24, 2.45) is 0 Å². The lowest BCUT2D eigenvalue weighted by Gasteiger charge is -2.20. The monoisotopic (exact) mass is 369 g/mol. The van der Waals surface area contributed by atoms with Gasteiger partial charge >= 0.3 is 5.97 Å². The van der Waals surface area contributed by atoms with Crippen LogP contribution in [-0.2, 0) is 4.79 Å². The van der Waals surface area contributed by atoms with Crippen molar-refractivity contribution in [3.8, 4) is 17.2 Å². The number of nitrogens with zero attached hydrogens (tertiary/aromatic N) is 1. The van der Waals surface area contributed by atoms with E-state index in [0.717, 1.165) is 0 Å². The molecule has 9 heteroatoms. The normalized spacial score (nSPS) is 11.7. The SMILES string of the molecule is COc1cc(C(=O)O)c(C(C=O)c2onc(C)c2Cl)c(OC)c1OC. The zero-order valence-electron chi connectivity index (χ0n) is 14.0. The van der Waals surface area contributed by atoms with Gasteiger partial charge in [0.1, 0.15) is 17.2 Å². The quantitative estimate of drug-likeness (QED) is 0.742. The number of benzene rings is 1. The Morgan fingerprint density at radius 2 is 1.92 bits per heavy atom. The number of hydrogen-bond donors (Lipinski definition) is 1. The average Bonchev–Trinajstić information content (AvgIpc) is 2.93. The van der Waals surface area contributed by atoms with Crippen LogP contribution in [0.25, 0.3) is 0 Å². The third-order valence-corrected chi connectivity index (χ3v) is 4.10. The Labute approximate surface area is 148 Å². The van der Waals surface area contributed by atoms with Gasteiger partial charge < -0.3 is 28.6 Å². The van der Waals surface area contributed by atoms with E-state index < -0.39 is 11.9 Å². The van der Waals surface area contributed by atoms with Crippen LogP contribution in [0.4, 0.5) is 0 Å². The predicted molar refractivity (Wildman–Crippen MR) is 87.2 cm³/mol. The lowest BCUT2D eigenvalue weighted by Crippen LogP contribution is -2.13. The number of aromatic carboxylic acids is 1. The highest BCUT2D eigenvalue weighted by atomic mass is 35.5. The minimum Gasteiger partial charge on any atom is -0.493 e. The van der Waals surface area contributed by atoms with Crippen molar-refractivity contribution in [1.82, 2.24) is 5.16 Å². The summed E-state index contributed by atoms with van der Waals surface area (Å²) < 4.78 is 20.9. The summed E-state index contributed by atoms with van der Waals surface area (Å²) in [6, 6.07) is 1.24. The highest BCUT2D eigenvalue weighted by Crippen LogP contribution is 2.47. The van der Waals surface area contributed by atoms with Gasteiger partial charge in [-0.2, -0.15) is 0 Å². The second-order valence-corrected chi connectivity index (χ2v) is 5.35. The van der Waals surface area contributed by atoms with E-state index in [9.17, 15) is 14.7 Å². The maximum absolute atomic E-state index is 11.8. The van der Waals surface area contributed by atoms with Crippen molar-refractivity contribution >= 4 is 23.9 Å². The summed E-state index contributed by atoms with van der Waals surface area (Å²) >= 11 is 6.13. The largest absolute Gasteiger partial charge is 0.493 e. The topological polar surface area (TPSA) is 108 Å². The summed E-state index contributed by atoms with van der Waals surface area (Å²) in [6.45, 7) is 1.60. The molecule has 134 valence electrons. The molecule has 0 aliphatic rings. The van der Waals surface area contributed by atoms with Gasteiger partial charge in [-0.3, -0.25) is 0 Å². The van der Waals surface area contributed by atoms with E-state index in [-0.39, 0.29) is 39.2 Å². The number of aromatic nitrogens is 1. The molecule has 0 aliphatic carbocycles. The molecule has 1 atom stereocenters. The van der Waals surface area contributed by atoms with Gasteiger partial charge in [0.2, 0.25) is 5.75 Å². The molecule has 1 heterocycles. The van der Waals surface area contributed by atoms with E-state index in [1.807, 2.05) is 0 Å². The van der Waals surface area contributed by atoms with Gasteiger partial charge in [0, 0.05) is 5.56 Å². The predicted octanol–water partition coefficient (Wildman–Crippen LogP) is 2.69. The van der Waals surface area contributed by atoms with Crippen LogP contribution in [0, 0.1) is 6.92 Å². The summed E-state index contributed by atoms with van der Waals surface area (Å²) in [5, 5.41) is 13.4. The van der Waals surface area contributed by atoms with Crippen molar-refractivity contribution in [2.45, 2.75) is 12.8 Å². The third kappa shape index (κ3) is 3.12. The first-order chi connectivity index (χ1) is 11.9. The van der Waals surface area contributed by atoms with E-state index in [4.69, 9.17) is 30.3 Å². The molecular weight excluding hydrogens is 354 g/mol. The number of ether oxygens (including phenoxy) is 3. The van der Waals surface area contributed by atoms with Gasteiger partial charge in [0.25, 0.3) is 0 Å². The first-order valence-electron chi connectivity index (χ1n) is 7.04.